The summed E-state index contributed by atoms with van der Waals surface area (Å²) in [6.45, 7) is 0. The van der Waals surface area contributed by atoms with Gasteiger partial charge in [-0.3, -0.25) is 9.59 Å². The van der Waals surface area contributed by atoms with Crippen molar-refractivity contribution in [2.24, 2.45) is 0 Å². The number of aromatic nitrogens is 1. The molecule has 4 rings (SSSR count). The second-order valence-corrected chi connectivity index (χ2v) is 5.04. The fraction of sp³-hybridized carbons (Fsp3) is 0. The van der Waals surface area contributed by atoms with Crippen molar-refractivity contribution >= 4 is 28.0 Å². The highest BCUT2D eigenvalue weighted by atomic mass is 16.1. The number of fused-ring (bicyclic) bond motifs is 2. The summed E-state index contributed by atoms with van der Waals surface area (Å²) in [6.07, 6.45) is 3.23. The molecule has 0 spiro atoms. The van der Waals surface area contributed by atoms with E-state index in [-0.39, 0.29) is 11.6 Å². The van der Waals surface area contributed by atoms with Crippen molar-refractivity contribution in [2.45, 2.75) is 0 Å². The summed E-state index contributed by atoms with van der Waals surface area (Å²) in [6, 6.07) is 14.7. The standard InChI is InChI=1S/C18H11NO2/c20-17-9-14(18(21)13-7-2-1-6-12(13)17)15-10-19-16-8-4-3-5-11(15)16/h1-10,19H. The lowest BCUT2D eigenvalue weighted by Gasteiger charge is -2.14. The van der Waals surface area contributed by atoms with Crippen molar-refractivity contribution in [1.29, 1.82) is 0 Å². The number of aromatic amines is 1. The minimum absolute atomic E-state index is 0.102. The predicted octanol–water partition coefficient (Wildman–Crippen LogP) is 3.63. The summed E-state index contributed by atoms with van der Waals surface area (Å²) in [4.78, 5) is 28.0. The van der Waals surface area contributed by atoms with Crippen LogP contribution in [0.25, 0.3) is 16.5 Å². The van der Waals surface area contributed by atoms with E-state index in [1.54, 1.807) is 30.5 Å². The fourth-order valence-corrected chi connectivity index (χ4v) is 2.81. The molecule has 21 heavy (non-hydrogen) atoms. The molecule has 0 saturated heterocycles. The maximum absolute atomic E-state index is 12.7. The molecule has 1 aromatic heterocycles. The van der Waals surface area contributed by atoms with Gasteiger partial charge in [0.1, 0.15) is 0 Å². The van der Waals surface area contributed by atoms with Crippen LogP contribution in [-0.4, -0.2) is 16.6 Å². The zero-order valence-electron chi connectivity index (χ0n) is 11.1. The van der Waals surface area contributed by atoms with E-state index < -0.39 is 0 Å². The van der Waals surface area contributed by atoms with Crippen molar-refractivity contribution < 1.29 is 9.59 Å². The van der Waals surface area contributed by atoms with Gasteiger partial charge in [0.25, 0.3) is 0 Å². The lowest BCUT2D eigenvalue weighted by atomic mass is 9.86. The topological polar surface area (TPSA) is 49.9 Å². The van der Waals surface area contributed by atoms with Crippen LogP contribution in [0.5, 0.6) is 0 Å². The molecule has 1 heterocycles. The minimum Gasteiger partial charge on any atom is -0.361 e. The van der Waals surface area contributed by atoms with Gasteiger partial charge in [-0.25, -0.2) is 0 Å². The van der Waals surface area contributed by atoms with Crippen LogP contribution in [0.15, 0.2) is 60.8 Å². The Hall–Kier alpha value is -2.94. The Morgan fingerprint density at radius 1 is 0.762 bits per heavy atom. The molecule has 3 aromatic rings. The highest BCUT2D eigenvalue weighted by Crippen LogP contribution is 2.31. The first kappa shape index (κ1) is 11.9. The first-order valence-electron chi connectivity index (χ1n) is 6.72. The number of Topliss-reactive ketones (excluding diaryl/α,β-unsaturated/α-hetero) is 1. The Morgan fingerprint density at radius 3 is 2.33 bits per heavy atom. The first-order valence-corrected chi connectivity index (χ1v) is 6.72. The van der Waals surface area contributed by atoms with Gasteiger partial charge < -0.3 is 4.98 Å². The van der Waals surface area contributed by atoms with E-state index in [9.17, 15) is 9.59 Å². The molecule has 0 fully saturated rings. The smallest absolute Gasteiger partial charge is 0.194 e. The van der Waals surface area contributed by atoms with E-state index in [0.29, 0.717) is 16.7 Å². The fourth-order valence-electron chi connectivity index (χ4n) is 2.81. The summed E-state index contributed by atoms with van der Waals surface area (Å²) in [5.41, 5.74) is 3.14. The van der Waals surface area contributed by atoms with Gasteiger partial charge in [-0.1, -0.05) is 42.5 Å². The van der Waals surface area contributed by atoms with E-state index >= 15 is 0 Å². The maximum Gasteiger partial charge on any atom is 0.194 e. The predicted molar refractivity (Wildman–Crippen MR) is 81.4 cm³/mol. The zero-order chi connectivity index (χ0) is 14.4. The molecule has 100 valence electrons. The van der Waals surface area contributed by atoms with Crippen LogP contribution < -0.4 is 0 Å². The summed E-state index contributed by atoms with van der Waals surface area (Å²) >= 11 is 0. The number of H-pyrrole nitrogens is 1. The Bertz CT molecular complexity index is 931. The zero-order valence-corrected chi connectivity index (χ0v) is 11.1. The molecule has 3 nitrogen and oxygen atoms in total. The number of para-hydroxylation sites is 1. The number of allylic oxidation sites excluding steroid dienone is 2. The lowest BCUT2D eigenvalue weighted by molar-refractivity contribution is 0.100. The number of benzene rings is 2. The third kappa shape index (κ3) is 1.68. The number of nitrogens with one attached hydrogen (secondary N) is 1. The normalized spacial score (nSPS) is 14.2. The quantitative estimate of drug-likeness (QED) is 0.736. The van der Waals surface area contributed by atoms with Crippen LogP contribution in [0.4, 0.5) is 0 Å². The van der Waals surface area contributed by atoms with Gasteiger partial charge in [0.05, 0.1) is 0 Å². The van der Waals surface area contributed by atoms with E-state index in [1.165, 1.54) is 6.08 Å². The Morgan fingerprint density at radius 2 is 1.48 bits per heavy atom. The van der Waals surface area contributed by atoms with Crippen LogP contribution in [0.2, 0.25) is 0 Å². The van der Waals surface area contributed by atoms with Gasteiger partial charge in [-0.2, -0.15) is 0 Å². The van der Waals surface area contributed by atoms with Crippen molar-refractivity contribution in [3.8, 4) is 0 Å². The van der Waals surface area contributed by atoms with Crippen LogP contribution >= 0.6 is 0 Å². The Labute approximate surface area is 120 Å². The van der Waals surface area contributed by atoms with Gasteiger partial charge in [-0.15, -0.1) is 0 Å². The summed E-state index contributed by atoms with van der Waals surface area (Å²) < 4.78 is 0. The van der Waals surface area contributed by atoms with Crippen molar-refractivity contribution in [3.05, 3.63) is 77.5 Å². The summed E-state index contributed by atoms with van der Waals surface area (Å²) in [5.74, 6) is -0.222. The van der Waals surface area contributed by atoms with Gasteiger partial charge in [-0.05, 0) is 12.1 Å². The van der Waals surface area contributed by atoms with Crippen molar-refractivity contribution in [3.63, 3.8) is 0 Å². The molecule has 0 unspecified atom stereocenters. The van der Waals surface area contributed by atoms with E-state index in [4.69, 9.17) is 0 Å². The van der Waals surface area contributed by atoms with Crippen LogP contribution in [0, 0.1) is 0 Å². The molecule has 0 aliphatic heterocycles. The SMILES string of the molecule is O=C1C=C(c2c[nH]c3ccccc23)C(=O)c2ccccc21. The monoisotopic (exact) mass is 273 g/mol. The van der Waals surface area contributed by atoms with Gasteiger partial charge >= 0.3 is 0 Å². The lowest BCUT2D eigenvalue weighted by Crippen LogP contribution is -2.15. The molecular weight excluding hydrogens is 262 g/mol. The summed E-state index contributed by atoms with van der Waals surface area (Å²) in [5, 5.41) is 0.948. The Balaban J connectivity index is 1.94. The number of hydrogen-bond donors (Lipinski definition) is 1. The third-order valence-corrected chi connectivity index (χ3v) is 3.84. The number of rotatable bonds is 1. The van der Waals surface area contributed by atoms with E-state index in [1.807, 2.05) is 24.3 Å². The second-order valence-electron chi connectivity index (χ2n) is 5.04. The Kier molecular flexibility index (Phi) is 2.42. The van der Waals surface area contributed by atoms with Crippen LogP contribution in [-0.2, 0) is 0 Å². The molecule has 0 atom stereocenters. The van der Waals surface area contributed by atoms with E-state index in [2.05, 4.69) is 4.98 Å². The van der Waals surface area contributed by atoms with Crippen molar-refractivity contribution in [2.75, 3.05) is 0 Å². The highest BCUT2D eigenvalue weighted by molar-refractivity contribution is 6.39. The van der Waals surface area contributed by atoms with Gasteiger partial charge in [0, 0.05) is 39.4 Å². The number of carbonyl (C=O) groups is 2. The molecule has 1 aliphatic rings. The first-order chi connectivity index (χ1) is 10.3. The molecule has 1 N–H and O–H groups in total. The van der Waals surface area contributed by atoms with Crippen molar-refractivity contribution in [1.82, 2.24) is 4.98 Å². The highest BCUT2D eigenvalue weighted by Gasteiger charge is 2.27. The van der Waals surface area contributed by atoms with E-state index in [0.717, 1.165) is 16.5 Å². The largest absolute Gasteiger partial charge is 0.361 e. The number of ketones is 2. The van der Waals surface area contributed by atoms with Gasteiger partial charge in [0.2, 0.25) is 0 Å². The molecule has 0 bridgehead atoms. The minimum atomic E-state index is -0.120. The number of carbonyl (C=O) groups excluding carboxylic acids is 2. The average molecular weight is 273 g/mol. The molecular formula is C18H11NO2. The molecule has 2 aromatic carbocycles. The van der Waals surface area contributed by atoms with Crippen LogP contribution in [0.1, 0.15) is 26.3 Å². The van der Waals surface area contributed by atoms with Crippen LogP contribution in [0.3, 0.4) is 0 Å². The molecule has 0 saturated carbocycles. The third-order valence-electron chi connectivity index (χ3n) is 3.84. The van der Waals surface area contributed by atoms with Gasteiger partial charge in [0.15, 0.2) is 11.6 Å². The number of hydrogen-bond acceptors (Lipinski definition) is 2. The summed E-state index contributed by atoms with van der Waals surface area (Å²) in [7, 11) is 0. The second kappa shape index (κ2) is 4.28. The molecule has 1 aliphatic carbocycles. The maximum atomic E-state index is 12.7. The average Bonchev–Trinajstić information content (AvgIpc) is 2.95. The molecule has 0 amide bonds. The molecule has 3 heteroatoms. The molecule has 0 radical (unpaired) electrons.